The molecule has 0 aliphatic carbocycles. The molecule has 3 N–H and O–H groups in total. The topological polar surface area (TPSA) is 101 Å². The zero-order valence-corrected chi connectivity index (χ0v) is 10.1. The van der Waals surface area contributed by atoms with Crippen molar-refractivity contribution in [1.82, 2.24) is 4.31 Å². The van der Waals surface area contributed by atoms with E-state index in [4.69, 9.17) is 5.73 Å². The van der Waals surface area contributed by atoms with Gasteiger partial charge in [-0.2, -0.15) is 4.31 Å². The largest absolute Gasteiger partial charge is 0.508 e. The van der Waals surface area contributed by atoms with E-state index in [9.17, 15) is 18.3 Å². The highest BCUT2D eigenvalue weighted by atomic mass is 32.2. The summed E-state index contributed by atoms with van der Waals surface area (Å²) in [6.45, 7) is 1.35. The molecule has 94 valence electrons. The Labute approximate surface area is 99.7 Å². The highest BCUT2D eigenvalue weighted by molar-refractivity contribution is 7.89. The molecule has 0 aliphatic rings. The lowest BCUT2D eigenvalue weighted by Crippen LogP contribution is -2.38. The first-order valence-electron chi connectivity index (χ1n) is 4.95. The summed E-state index contributed by atoms with van der Waals surface area (Å²) in [5.41, 5.74) is 4.98. The lowest BCUT2D eigenvalue weighted by atomic mass is 10.3. The summed E-state index contributed by atoms with van der Waals surface area (Å²) in [6, 6.07) is 5.25. The second-order valence-electron chi connectivity index (χ2n) is 3.39. The van der Waals surface area contributed by atoms with E-state index in [-0.39, 0.29) is 23.7 Å². The molecular formula is C10H14N2O4S. The van der Waals surface area contributed by atoms with E-state index in [1.54, 1.807) is 6.92 Å². The van der Waals surface area contributed by atoms with E-state index in [1.165, 1.54) is 18.2 Å². The summed E-state index contributed by atoms with van der Waals surface area (Å²) < 4.78 is 25.1. The van der Waals surface area contributed by atoms with Crippen LogP contribution in [0.4, 0.5) is 0 Å². The molecule has 1 rings (SSSR count). The number of nitrogens with zero attached hydrogens (tertiary/aromatic N) is 1. The molecule has 0 aliphatic heterocycles. The number of hydrogen-bond acceptors (Lipinski definition) is 4. The third-order valence-electron chi connectivity index (χ3n) is 2.14. The number of carbonyl (C=O) groups is 1. The lowest BCUT2D eigenvalue weighted by Gasteiger charge is -2.18. The lowest BCUT2D eigenvalue weighted by molar-refractivity contribution is -0.118. The second kappa shape index (κ2) is 5.15. The van der Waals surface area contributed by atoms with E-state index < -0.39 is 15.9 Å². The van der Waals surface area contributed by atoms with Gasteiger partial charge >= 0.3 is 0 Å². The highest BCUT2D eigenvalue weighted by Gasteiger charge is 2.24. The van der Waals surface area contributed by atoms with Crippen LogP contribution in [-0.4, -0.2) is 36.8 Å². The fourth-order valence-corrected chi connectivity index (χ4v) is 2.79. The van der Waals surface area contributed by atoms with Crippen LogP contribution in [0.2, 0.25) is 0 Å². The fourth-order valence-electron chi connectivity index (χ4n) is 1.33. The maximum Gasteiger partial charge on any atom is 0.243 e. The average Bonchev–Trinajstić information content (AvgIpc) is 2.25. The molecular weight excluding hydrogens is 244 g/mol. The van der Waals surface area contributed by atoms with E-state index in [0.29, 0.717) is 0 Å². The van der Waals surface area contributed by atoms with Crippen molar-refractivity contribution in [2.75, 3.05) is 13.1 Å². The van der Waals surface area contributed by atoms with Crippen molar-refractivity contribution in [3.8, 4) is 5.75 Å². The number of benzene rings is 1. The number of amides is 1. The predicted molar refractivity (Wildman–Crippen MR) is 61.7 cm³/mol. The number of hydrogen-bond donors (Lipinski definition) is 2. The summed E-state index contributed by atoms with van der Waals surface area (Å²) in [5.74, 6) is -0.878. The summed E-state index contributed by atoms with van der Waals surface area (Å²) in [4.78, 5) is 10.7. The molecule has 0 saturated heterocycles. The minimum Gasteiger partial charge on any atom is -0.508 e. The normalized spacial score (nSPS) is 11.6. The number of phenolic OH excluding ortho intramolecular Hbond substituents is 1. The van der Waals surface area contributed by atoms with Crippen LogP contribution < -0.4 is 5.73 Å². The van der Waals surface area contributed by atoms with Crippen LogP contribution in [-0.2, 0) is 14.8 Å². The molecule has 0 saturated carbocycles. The van der Waals surface area contributed by atoms with Crippen LogP contribution in [0.15, 0.2) is 29.2 Å². The summed E-state index contributed by atoms with van der Waals surface area (Å²) in [5, 5.41) is 9.24. The molecule has 7 heteroatoms. The Balaban J connectivity index is 3.13. The summed E-state index contributed by atoms with van der Waals surface area (Å²) >= 11 is 0. The van der Waals surface area contributed by atoms with Crippen molar-refractivity contribution in [2.45, 2.75) is 11.8 Å². The van der Waals surface area contributed by atoms with Gasteiger partial charge in [0.1, 0.15) is 5.75 Å². The smallest absolute Gasteiger partial charge is 0.243 e. The van der Waals surface area contributed by atoms with Gasteiger partial charge in [-0.3, -0.25) is 4.79 Å². The number of phenols is 1. The number of nitrogens with two attached hydrogens (primary N) is 1. The van der Waals surface area contributed by atoms with Crippen molar-refractivity contribution in [3.05, 3.63) is 24.3 Å². The number of primary amides is 1. The molecule has 0 aromatic heterocycles. The Morgan fingerprint density at radius 1 is 1.47 bits per heavy atom. The Morgan fingerprint density at radius 2 is 2.12 bits per heavy atom. The molecule has 1 aromatic carbocycles. The van der Waals surface area contributed by atoms with E-state index in [0.717, 1.165) is 10.4 Å². The van der Waals surface area contributed by atoms with Crippen molar-refractivity contribution < 1.29 is 18.3 Å². The van der Waals surface area contributed by atoms with Gasteiger partial charge in [0.2, 0.25) is 15.9 Å². The van der Waals surface area contributed by atoms with Crippen molar-refractivity contribution >= 4 is 15.9 Å². The first-order chi connectivity index (χ1) is 7.87. The minimum atomic E-state index is -3.80. The van der Waals surface area contributed by atoms with Gasteiger partial charge in [-0.1, -0.05) is 13.0 Å². The molecule has 6 nitrogen and oxygen atoms in total. The Morgan fingerprint density at radius 3 is 2.59 bits per heavy atom. The molecule has 17 heavy (non-hydrogen) atoms. The van der Waals surface area contributed by atoms with Crippen LogP contribution in [0.1, 0.15) is 6.92 Å². The van der Waals surface area contributed by atoms with Crippen LogP contribution >= 0.6 is 0 Å². The van der Waals surface area contributed by atoms with Gasteiger partial charge in [-0.05, 0) is 18.2 Å². The van der Waals surface area contributed by atoms with Crippen molar-refractivity contribution in [2.24, 2.45) is 5.73 Å². The number of sulfonamides is 1. The number of carbonyl (C=O) groups excluding carboxylic acids is 1. The van der Waals surface area contributed by atoms with Crippen LogP contribution in [0, 0.1) is 0 Å². The van der Waals surface area contributed by atoms with E-state index in [2.05, 4.69) is 0 Å². The maximum absolute atomic E-state index is 12.1. The standard InChI is InChI=1S/C10H14N2O4S/c1-2-12(7-10(11)14)17(15,16)9-5-3-4-8(13)6-9/h3-6,13H,2,7H2,1H3,(H2,11,14). The van der Waals surface area contributed by atoms with Crippen LogP contribution in [0.5, 0.6) is 5.75 Å². The molecule has 0 spiro atoms. The van der Waals surface area contributed by atoms with E-state index >= 15 is 0 Å². The van der Waals surface area contributed by atoms with E-state index in [1.807, 2.05) is 0 Å². The van der Waals surface area contributed by atoms with Gasteiger partial charge in [0.25, 0.3) is 0 Å². The number of rotatable bonds is 5. The molecule has 0 atom stereocenters. The third kappa shape index (κ3) is 3.18. The average molecular weight is 258 g/mol. The van der Waals surface area contributed by atoms with Gasteiger partial charge < -0.3 is 10.8 Å². The molecule has 0 fully saturated rings. The Hall–Kier alpha value is -1.60. The molecule has 0 bridgehead atoms. The molecule has 1 amide bonds. The second-order valence-corrected chi connectivity index (χ2v) is 5.33. The molecule has 1 aromatic rings. The molecule has 0 unspecified atom stereocenters. The summed E-state index contributed by atoms with van der Waals surface area (Å²) in [7, 11) is -3.80. The Bertz CT molecular complexity index is 513. The minimum absolute atomic E-state index is 0.0689. The van der Waals surface area contributed by atoms with Crippen LogP contribution in [0.25, 0.3) is 0 Å². The van der Waals surface area contributed by atoms with Gasteiger partial charge in [0.05, 0.1) is 11.4 Å². The van der Waals surface area contributed by atoms with Crippen LogP contribution in [0.3, 0.4) is 0 Å². The number of aromatic hydroxyl groups is 1. The SMILES string of the molecule is CCN(CC(N)=O)S(=O)(=O)c1cccc(O)c1. The fraction of sp³-hybridized carbons (Fsp3) is 0.300. The molecule has 0 radical (unpaired) electrons. The van der Waals surface area contributed by atoms with Gasteiger partial charge in [0, 0.05) is 6.54 Å². The van der Waals surface area contributed by atoms with Crippen molar-refractivity contribution in [3.63, 3.8) is 0 Å². The highest BCUT2D eigenvalue weighted by Crippen LogP contribution is 2.19. The first-order valence-corrected chi connectivity index (χ1v) is 6.39. The first kappa shape index (κ1) is 13.5. The van der Waals surface area contributed by atoms with Gasteiger partial charge in [0.15, 0.2) is 0 Å². The monoisotopic (exact) mass is 258 g/mol. The zero-order chi connectivity index (χ0) is 13.1. The third-order valence-corrected chi connectivity index (χ3v) is 4.06. The maximum atomic E-state index is 12.1. The molecule has 0 heterocycles. The van der Waals surface area contributed by atoms with Gasteiger partial charge in [-0.25, -0.2) is 8.42 Å². The van der Waals surface area contributed by atoms with Gasteiger partial charge in [-0.15, -0.1) is 0 Å². The summed E-state index contributed by atoms with van der Waals surface area (Å²) in [6.07, 6.45) is 0. The van der Waals surface area contributed by atoms with Crippen molar-refractivity contribution in [1.29, 1.82) is 0 Å². The zero-order valence-electron chi connectivity index (χ0n) is 9.33. The predicted octanol–water partition coefficient (Wildman–Crippen LogP) is -0.112. The number of likely N-dealkylation sites (N-methyl/N-ethyl adjacent to an activating group) is 1. The Kier molecular flexibility index (Phi) is 4.08. The quantitative estimate of drug-likeness (QED) is 0.769.